The molecule has 2 aromatic carbocycles. The van der Waals surface area contributed by atoms with E-state index in [2.05, 4.69) is 4.98 Å². The molecule has 1 amide bonds. The van der Waals surface area contributed by atoms with Gasteiger partial charge in [-0.3, -0.25) is 14.2 Å². The number of hydrogen-bond acceptors (Lipinski definition) is 4. The summed E-state index contributed by atoms with van der Waals surface area (Å²) in [5, 5.41) is 1.96. The second kappa shape index (κ2) is 8.96. The van der Waals surface area contributed by atoms with Crippen LogP contribution in [-0.4, -0.2) is 22.6 Å². The van der Waals surface area contributed by atoms with Gasteiger partial charge in [-0.05, 0) is 30.3 Å². The number of aromatic nitrogens is 2. The van der Waals surface area contributed by atoms with Gasteiger partial charge in [-0.15, -0.1) is 0 Å². The van der Waals surface area contributed by atoms with Crippen molar-refractivity contribution in [3.8, 4) is 17.0 Å². The van der Waals surface area contributed by atoms with Gasteiger partial charge in [0.05, 0.1) is 30.3 Å². The summed E-state index contributed by atoms with van der Waals surface area (Å²) in [7, 11) is 1.43. The van der Waals surface area contributed by atoms with Gasteiger partial charge in [0.2, 0.25) is 5.91 Å². The van der Waals surface area contributed by atoms with Crippen molar-refractivity contribution in [2.75, 3.05) is 12.4 Å². The van der Waals surface area contributed by atoms with Crippen LogP contribution in [0.4, 0.5) is 32.0 Å². The molecule has 1 aromatic heterocycles. The average molecular weight is 471 g/mol. The van der Waals surface area contributed by atoms with Crippen LogP contribution < -0.4 is 15.6 Å². The van der Waals surface area contributed by atoms with Crippen molar-refractivity contribution >= 4 is 11.6 Å². The number of rotatable bonds is 5. The fraction of sp³-hybridized carbons (Fsp3) is 0.190. The van der Waals surface area contributed by atoms with Crippen LogP contribution in [0.2, 0.25) is 0 Å². The second-order valence-electron chi connectivity index (χ2n) is 6.78. The van der Waals surface area contributed by atoms with Gasteiger partial charge in [0.1, 0.15) is 12.3 Å². The number of ether oxygens (including phenoxy) is 1. The lowest BCUT2D eigenvalue weighted by Crippen LogP contribution is -2.27. The normalized spacial score (nSPS) is 11.8. The molecule has 6 nitrogen and oxygen atoms in total. The zero-order valence-electron chi connectivity index (χ0n) is 16.8. The molecule has 0 unspecified atom stereocenters. The van der Waals surface area contributed by atoms with Crippen molar-refractivity contribution < 1.29 is 35.9 Å². The Morgan fingerprint density at radius 3 is 2.15 bits per heavy atom. The number of carbonyl (C=O) groups is 1. The van der Waals surface area contributed by atoms with E-state index in [1.54, 1.807) is 24.3 Å². The summed E-state index contributed by atoms with van der Waals surface area (Å²) in [5.74, 6) is -0.568. The van der Waals surface area contributed by atoms with E-state index in [4.69, 9.17) is 4.74 Å². The minimum Gasteiger partial charge on any atom is -0.496 e. The van der Waals surface area contributed by atoms with Crippen LogP contribution >= 0.6 is 0 Å². The summed E-state index contributed by atoms with van der Waals surface area (Å²) < 4.78 is 83.8. The maximum Gasteiger partial charge on any atom is 0.416 e. The third kappa shape index (κ3) is 5.70. The Labute approximate surface area is 182 Å². The maximum atomic E-state index is 13.0. The number of halogens is 6. The van der Waals surface area contributed by atoms with Gasteiger partial charge in [-0.25, -0.2) is 4.98 Å². The van der Waals surface area contributed by atoms with E-state index in [9.17, 15) is 35.9 Å². The van der Waals surface area contributed by atoms with E-state index >= 15 is 0 Å². The predicted octanol–water partition coefficient (Wildman–Crippen LogP) is 4.60. The first-order valence-corrected chi connectivity index (χ1v) is 9.17. The Morgan fingerprint density at radius 1 is 1.00 bits per heavy atom. The number of nitrogens with zero attached hydrogens (tertiary/aromatic N) is 2. The summed E-state index contributed by atoms with van der Waals surface area (Å²) in [6, 6.07) is 8.54. The number of carbonyl (C=O) groups excluding carboxylic acids is 1. The molecule has 1 N–H and O–H groups in total. The minimum absolute atomic E-state index is 0.0549. The SMILES string of the molecule is COc1ccccc1-c1cc(=O)n(CC(=O)Nc2cc(C(F)(F)F)cc(C(F)(F)F)c2)cn1. The predicted molar refractivity (Wildman–Crippen MR) is 106 cm³/mol. The smallest absolute Gasteiger partial charge is 0.416 e. The first kappa shape index (κ1) is 23.8. The molecule has 174 valence electrons. The van der Waals surface area contributed by atoms with Crippen molar-refractivity contribution in [1.82, 2.24) is 9.55 Å². The monoisotopic (exact) mass is 471 g/mol. The van der Waals surface area contributed by atoms with Crippen LogP contribution in [0.1, 0.15) is 11.1 Å². The fourth-order valence-corrected chi connectivity index (χ4v) is 2.93. The van der Waals surface area contributed by atoms with Crippen LogP contribution in [0, 0.1) is 0 Å². The third-order valence-electron chi connectivity index (χ3n) is 4.45. The number of hydrogen-bond donors (Lipinski definition) is 1. The lowest BCUT2D eigenvalue weighted by atomic mass is 10.1. The molecular formula is C21H15F6N3O3. The van der Waals surface area contributed by atoms with E-state index < -0.39 is 47.2 Å². The number of benzene rings is 2. The Kier molecular flexibility index (Phi) is 6.47. The summed E-state index contributed by atoms with van der Waals surface area (Å²) in [6.45, 7) is -0.685. The van der Waals surface area contributed by atoms with Crippen LogP contribution in [0.25, 0.3) is 11.3 Å². The maximum absolute atomic E-state index is 13.0. The number of amides is 1. The molecule has 33 heavy (non-hydrogen) atoms. The molecule has 0 fully saturated rings. The lowest BCUT2D eigenvalue weighted by molar-refractivity contribution is -0.143. The standard InChI is InChI=1S/C21H15F6N3O3/c1-33-17-5-3-2-4-15(17)16-9-19(32)30(11-28-16)10-18(31)29-14-7-12(20(22,23)24)6-13(8-14)21(25,26)27/h2-9,11H,10H2,1H3,(H,29,31). The summed E-state index contributed by atoms with van der Waals surface area (Å²) in [5.41, 5.74) is -3.77. The van der Waals surface area contributed by atoms with Crippen molar-refractivity contribution in [1.29, 1.82) is 0 Å². The molecule has 0 spiro atoms. The van der Waals surface area contributed by atoms with Crippen LogP contribution in [0.3, 0.4) is 0 Å². The number of para-hydroxylation sites is 1. The molecule has 0 aliphatic rings. The van der Waals surface area contributed by atoms with Crippen LogP contribution in [-0.2, 0) is 23.7 Å². The van der Waals surface area contributed by atoms with Gasteiger partial charge in [-0.2, -0.15) is 26.3 Å². The van der Waals surface area contributed by atoms with Crippen molar-refractivity contribution in [2.24, 2.45) is 0 Å². The molecule has 0 saturated carbocycles. The topological polar surface area (TPSA) is 73.2 Å². The fourth-order valence-electron chi connectivity index (χ4n) is 2.93. The molecule has 0 atom stereocenters. The zero-order chi connectivity index (χ0) is 24.4. The molecule has 12 heteroatoms. The summed E-state index contributed by atoms with van der Waals surface area (Å²) in [4.78, 5) is 28.7. The Hall–Kier alpha value is -3.83. The lowest BCUT2D eigenvalue weighted by Gasteiger charge is -2.15. The van der Waals surface area contributed by atoms with E-state index in [0.717, 1.165) is 17.0 Å². The largest absolute Gasteiger partial charge is 0.496 e. The van der Waals surface area contributed by atoms with E-state index in [-0.39, 0.29) is 11.8 Å². The number of nitrogens with one attached hydrogen (secondary N) is 1. The molecule has 0 saturated heterocycles. The highest BCUT2D eigenvalue weighted by Gasteiger charge is 2.37. The Morgan fingerprint density at radius 2 is 1.61 bits per heavy atom. The van der Waals surface area contributed by atoms with Crippen LogP contribution in [0.5, 0.6) is 5.75 Å². The molecule has 3 aromatic rings. The number of anilines is 1. The molecule has 3 rings (SSSR count). The molecule has 0 bridgehead atoms. The highest BCUT2D eigenvalue weighted by Crippen LogP contribution is 2.37. The Bertz CT molecular complexity index is 1200. The highest BCUT2D eigenvalue weighted by atomic mass is 19.4. The molecule has 1 heterocycles. The molecule has 0 radical (unpaired) electrons. The van der Waals surface area contributed by atoms with Gasteiger partial charge in [-0.1, -0.05) is 12.1 Å². The minimum atomic E-state index is -5.06. The molecule has 0 aliphatic carbocycles. The van der Waals surface area contributed by atoms with E-state index in [0.29, 0.717) is 23.4 Å². The molecule has 0 aliphatic heterocycles. The van der Waals surface area contributed by atoms with Crippen LogP contribution in [0.15, 0.2) is 59.7 Å². The first-order chi connectivity index (χ1) is 15.4. The van der Waals surface area contributed by atoms with E-state index in [1.165, 1.54) is 7.11 Å². The van der Waals surface area contributed by atoms with Gasteiger partial charge in [0, 0.05) is 17.3 Å². The summed E-state index contributed by atoms with van der Waals surface area (Å²) >= 11 is 0. The quantitative estimate of drug-likeness (QED) is 0.553. The zero-order valence-corrected chi connectivity index (χ0v) is 16.8. The highest BCUT2D eigenvalue weighted by molar-refractivity contribution is 5.90. The summed E-state index contributed by atoms with van der Waals surface area (Å²) in [6.07, 6.45) is -9.08. The first-order valence-electron chi connectivity index (χ1n) is 9.17. The van der Waals surface area contributed by atoms with Gasteiger partial charge < -0.3 is 10.1 Å². The number of methoxy groups -OCH3 is 1. The van der Waals surface area contributed by atoms with Gasteiger partial charge in [0.15, 0.2) is 0 Å². The van der Waals surface area contributed by atoms with Crippen molar-refractivity contribution in [3.05, 3.63) is 76.3 Å². The molecular weight excluding hydrogens is 456 g/mol. The second-order valence-corrected chi connectivity index (χ2v) is 6.78. The third-order valence-corrected chi connectivity index (χ3v) is 4.45. The van der Waals surface area contributed by atoms with Crippen molar-refractivity contribution in [3.63, 3.8) is 0 Å². The van der Waals surface area contributed by atoms with Gasteiger partial charge in [0.25, 0.3) is 5.56 Å². The van der Waals surface area contributed by atoms with E-state index in [1.807, 2.05) is 5.32 Å². The van der Waals surface area contributed by atoms with Crippen molar-refractivity contribution in [2.45, 2.75) is 18.9 Å². The number of alkyl halides is 6. The average Bonchev–Trinajstić information content (AvgIpc) is 2.73. The Balaban J connectivity index is 1.83. The van der Waals surface area contributed by atoms with Gasteiger partial charge >= 0.3 is 12.4 Å².